The minimum Gasteiger partial charge on any atom is -0.256 e. The number of hydrogen-bond donors (Lipinski definition) is 0. The summed E-state index contributed by atoms with van der Waals surface area (Å²) in [5.41, 5.74) is 6.56. The quantitative estimate of drug-likeness (QED) is 0.481. The molecule has 0 radical (unpaired) electrons. The third-order valence-electron chi connectivity index (χ3n) is 4.94. The molecule has 2 aromatic heterocycles. The van der Waals surface area contributed by atoms with Crippen molar-refractivity contribution < 1.29 is 0 Å². The van der Waals surface area contributed by atoms with E-state index >= 15 is 0 Å². The van der Waals surface area contributed by atoms with Gasteiger partial charge in [0, 0.05) is 23.7 Å². The lowest BCUT2D eigenvalue weighted by atomic mass is 9.96. The third kappa shape index (κ3) is 3.30. The smallest absolute Gasteiger partial charge is 0.0890 e. The van der Waals surface area contributed by atoms with E-state index in [2.05, 4.69) is 55.0 Å². The molecule has 0 spiro atoms. The van der Waals surface area contributed by atoms with Crippen LogP contribution in [0.1, 0.15) is 49.4 Å². The summed E-state index contributed by atoms with van der Waals surface area (Å²) < 4.78 is 0. The average molecular weight is 341 g/mol. The van der Waals surface area contributed by atoms with Crippen molar-refractivity contribution >= 4 is 21.9 Å². The normalized spacial score (nSPS) is 12.8. The van der Waals surface area contributed by atoms with E-state index in [-0.39, 0.29) is 0 Å². The molecule has 130 valence electrons. The Morgan fingerprint density at radius 3 is 2.38 bits per heavy atom. The fraction of sp³-hybridized carbons (Fsp3) is 0.261. The van der Waals surface area contributed by atoms with Crippen LogP contribution in [0.15, 0.2) is 60.9 Å². The van der Waals surface area contributed by atoms with E-state index in [0.29, 0.717) is 11.8 Å². The van der Waals surface area contributed by atoms with Crippen LogP contribution in [0.3, 0.4) is 0 Å². The van der Waals surface area contributed by atoms with Crippen LogP contribution >= 0.6 is 0 Å². The first-order chi connectivity index (χ1) is 12.6. The van der Waals surface area contributed by atoms with Gasteiger partial charge in [0.1, 0.15) is 0 Å². The first-order valence-corrected chi connectivity index (χ1v) is 9.20. The number of pyridine rings is 1. The standard InChI is InChI=1S/C23H23N3/c1-15(2)18-8-9-20-19(12-18)11-17(13-24-20)10-16(3)23-14-25-21-6-4-5-7-22(21)26-23/h4-9,11-16H,10H2,1-3H3. The Labute approximate surface area is 154 Å². The zero-order valence-electron chi connectivity index (χ0n) is 15.5. The summed E-state index contributed by atoms with van der Waals surface area (Å²) in [4.78, 5) is 14.0. The van der Waals surface area contributed by atoms with Crippen LogP contribution in [0.2, 0.25) is 0 Å². The van der Waals surface area contributed by atoms with Crippen molar-refractivity contribution in [1.29, 1.82) is 0 Å². The van der Waals surface area contributed by atoms with Crippen LogP contribution in [-0.2, 0) is 6.42 Å². The van der Waals surface area contributed by atoms with Crippen LogP contribution in [0.25, 0.3) is 21.9 Å². The number of nitrogens with zero attached hydrogens (tertiary/aromatic N) is 3. The number of para-hydroxylation sites is 2. The minimum absolute atomic E-state index is 0.291. The van der Waals surface area contributed by atoms with Gasteiger partial charge in [-0.1, -0.05) is 39.0 Å². The van der Waals surface area contributed by atoms with Gasteiger partial charge < -0.3 is 0 Å². The van der Waals surface area contributed by atoms with E-state index < -0.39 is 0 Å². The predicted molar refractivity (Wildman–Crippen MR) is 107 cm³/mol. The van der Waals surface area contributed by atoms with Crippen molar-refractivity contribution in [2.24, 2.45) is 0 Å². The monoisotopic (exact) mass is 341 g/mol. The van der Waals surface area contributed by atoms with Crippen LogP contribution < -0.4 is 0 Å². The molecule has 4 aromatic rings. The SMILES string of the molecule is CC(C)c1ccc2ncc(CC(C)c3cnc4ccccc4n3)cc2c1. The Morgan fingerprint density at radius 2 is 1.58 bits per heavy atom. The van der Waals surface area contributed by atoms with E-state index in [4.69, 9.17) is 4.98 Å². The molecule has 0 aliphatic rings. The largest absolute Gasteiger partial charge is 0.256 e. The van der Waals surface area contributed by atoms with Gasteiger partial charge in [0.05, 0.1) is 22.2 Å². The first kappa shape index (κ1) is 16.6. The highest BCUT2D eigenvalue weighted by Gasteiger charge is 2.11. The molecule has 2 aromatic carbocycles. The molecule has 26 heavy (non-hydrogen) atoms. The molecular formula is C23H23N3. The van der Waals surface area contributed by atoms with Gasteiger partial charge in [0.2, 0.25) is 0 Å². The van der Waals surface area contributed by atoms with Gasteiger partial charge in [-0.15, -0.1) is 0 Å². The van der Waals surface area contributed by atoms with Crippen molar-refractivity contribution in [1.82, 2.24) is 15.0 Å². The van der Waals surface area contributed by atoms with Crippen molar-refractivity contribution in [3.05, 3.63) is 77.7 Å². The predicted octanol–water partition coefficient (Wildman–Crippen LogP) is 5.65. The molecule has 2 heterocycles. The number of hydrogen-bond acceptors (Lipinski definition) is 3. The van der Waals surface area contributed by atoms with E-state index in [1.54, 1.807) is 0 Å². The molecule has 4 rings (SSSR count). The summed E-state index contributed by atoms with van der Waals surface area (Å²) in [5, 5.41) is 1.21. The maximum absolute atomic E-state index is 4.79. The Hall–Kier alpha value is -2.81. The second kappa shape index (κ2) is 6.83. The van der Waals surface area contributed by atoms with E-state index in [9.17, 15) is 0 Å². The molecule has 0 N–H and O–H groups in total. The molecule has 0 saturated heterocycles. The topological polar surface area (TPSA) is 38.7 Å². The van der Waals surface area contributed by atoms with Crippen molar-refractivity contribution in [3.63, 3.8) is 0 Å². The molecular weight excluding hydrogens is 318 g/mol. The number of aromatic nitrogens is 3. The van der Waals surface area contributed by atoms with Crippen LogP contribution in [-0.4, -0.2) is 15.0 Å². The maximum atomic E-state index is 4.79. The van der Waals surface area contributed by atoms with Crippen molar-refractivity contribution in [2.75, 3.05) is 0 Å². The highest BCUT2D eigenvalue weighted by Crippen LogP contribution is 2.24. The van der Waals surface area contributed by atoms with Crippen molar-refractivity contribution in [3.8, 4) is 0 Å². The lowest BCUT2D eigenvalue weighted by Gasteiger charge is -2.12. The van der Waals surface area contributed by atoms with Gasteiger partial charge >= 0.3 is 0 Å². The fourth-order valence-corrected chi connectivity index (χ4v) is 3.33. The minimum atomic E-state index is 0.291. The highest BCUT2D eigenvalue weighted by molar-refractivity contribution is 5.80. The number of fused-ring (bicyclic) bond motifs is 2. The molecule has 3 nitrogen and oxygen atoms in total. The molecule has 0 aliphatic heterocycles. The second-order valence-electron chi connectivity index (χ2n) is 7.34. The van der Waals surface area contributed by atoms with Gasteiger partial charge in [-0.05, 0) is 53.8 Å². The summed E-state index contributed by atoms with van der Waals surface area (Å²) in [6.45, 7) is 6.64. The van der Waals surface area contributed by atoms with E-state index in [1.807, 2.05) is 36.7 Å². The van der Waals surface area contributed by atoms with Crippen LogP contribution in [0.5, 0.6) is 0 Å². The lowest BCUT2D eigenvalue weighted by Crippen LogP contribution is -2.03. The highest BCUT2D eigenvalue weighted by atomic mass is 14.8. The maximum Gasteiger partial charge on any atom is 0.0890 e. The Kier molecular flexibility index (Phi) is 4.37. The number of benzene rings is 2. The Morgan fingerprint density at radius 1 is 0.808 bits per heavy atom. The van der Waals surface area contributed by atoms with Crippen molar-refractivity contribution in [2.45, 2.75) is 39.0 Å². The third-order valence-corrected chi connectivity index (χ3v) is 4.94. The van der Waals surface area contributed by atoms with Gasteiger partial charge in [0.15, 0.2) is 0 Å². The van der Waals surface area contributed by atoms with Gasteiger partial charge in [-0.25, -0.2) is 4.98 Å². The average Bonchev–Trinajstić information content (AvgIpc) is 2.67. The van der Waals surface area contributed by atoms with E-state index in [1.165, 1.54) is 16.5 Å². The van der Waals surface area contributed by atoms with Gasteiger partial charge in [0.25, 0.3) is 0 Å². The van der Waals surface area contributed by atoms with Gasteiger partial charge in [-0.3, -0.25) is 9.97 Å². The second-order valence-corrected chi connectivity index (χ2v) is 7.34. The van der Waals surface area contributed by atoms with E-state index in [0.717, 1.165) is 28.7 Å². The van der Waals surface area contributed by atoms with Crippen LogP contribution in [0, 0.1) is 0 Å². The molecule has 0 amide bonds. The molecule has 1 atom stereocenters. The molecule has 1 unspecified atom stereocenters. The summed E-state index contributed by atoms with van der Waals surface area (Å²) in [6.07, 6.45) is 4.79. The molecule has 0 fully saturated rings. The lowest BCUT2D eigenvalue weighted by molar-refractivity contribution is 0.729. The Bertz CT molecular complexity index is 1070. The summed E-state index contributed by atoms with van der Waals surface area (Å²) in [7, 11) is 0. The summed E-state index contributed by atoms with van der Waals surface area (Å²) in [5.74, 6) is 0.814. The first-order valence-electron chi connectivity index (χ1n) is 9.20. The zero-order chi connectivity index (χ0) is 18.1. The van der Waals surface area contributed by atoms with Gasteiger partial charge in [-0.2, -0.15) is 0 Å². The summed E-state index contributed by atoms with van der Waals surface area (Å²) >= 11 is 0. The molecule has 0 saturated carbocycles. The van der Waals surface area contributed by atoms with Crippen LogP contribution in [0.4, 0.5) is 0 Å². The zero-order valence-corrected chi connectivity index (χ0v) is 15.5. The molecule has 0 bridgehead atoms. The fourth-order valence-electron chi connectivity index (χ4n) is 3.33. The molecule has 0 aliphatic carbocycles. The number of rotatable bonds is 4. The Balaban J connectivity index is 1.62. The summed E-state index contributed by atoms with van der Waals surface area (Å²) in [6, 6.07) is 16.8. The molecule has 3 heteroatoms.